The molecule has 0 unspecified atom stereocenters. The smallest absolute Gasteiger partial charge is 0.323 e. The molecule has 0 radical (unpaired) electrons. The number of aromatic amines is 2. The monoisotopic (exact) mass is 323 g/mol. The standard InChI is InChI=1S/C17H13N3O2S/c21-17-19-13-7-6-11(8-14(13)20-17)15-10-23-16(18-15)9-22-12-4-2-1-3-5-12/h1-8,10H,9H2,(H2,19,20,21). The molecule has 0 spiro atoms. The van der Waals surface area contributed by atoms with Gasteiger partial charge in [0.1, 0.15) is 17.4 Å². The van der Waals surface area contributed by atoms with Crippen LogP contribution >= 0.6 is 11.3 Å². The van der Waals surface area contributed by atoms with Crippen molar-refractivity contribution in [2.75, 3.05) is 0 Å². The highest BCUT2D eigenvalue weighted by Gasteiger charge is 2.07. The van der Waals surface area contributed by atoms with Crippen molar-refractivity contribution >= 4 is 22.4 Å². The average Bonchev–Trinajstić information content (AvgIpc) is 3.18. The summed E-state index contributed by atoms with van der Waals surface area (Å²) in [6.45, 7) is 0.442. The number of ether oxygens (including phenoxy) is 1. The van der Waals surface area contributed by atoms with E-state index in [0.717, 1.165) is 33.0 Å². The van der Waals surface area contributed by atoms with Gasteiger partial charge in [-0.15, -0.1) is 11.3 Å². The molecule has 0 bridgehead atoms. The molecular weight excluding hydrogens is 310 g/mol. The number of H-pyrrole nitrogens is 2. The van der Waals surface area contributed by atoms with Crippen molar-refractivity contribution < 1.29 is 4.74 Å². The van der Waals surface area contributed by atoms with Crippen LogP contribution in [0.25, 0.3) is 22.3 Å². The number of aromatic nitrogens is 3. The van der Waals surface area contributed by atoms with Gasteiger partial charge in [-0.25, -0.2) is 9.78 Å². The zero-order valence-electron chi connectivity index (χ0n) is 12.1. The van der Waals surface area contributed by atoms with E-state index in [0.29, 0.717) is 6.61 Å². The number of para-hydroxylation sites is 1. The van der Waals surface area contributed by atoms with Crippen LogP contribution in [0.4, 0.5) is 0 Å². The van der Waals surface area contributed by atoms with Gasteiger partial charge in [0.25, 0.3) is 0 Å². The Hall–Kier alpha value is -2.86. The van der Waals surface area contributed by atoms with Crippen molar-refractivity contribution in [1.29, 1.82) is 0 Å². The molecule has 6 heteroatoms. The zero-order chi connectivity index (χ0) is 15.6. The fourth-order valence-corrected chi connectivity index (χ4v) is 3.08. The molecule has 2 heterocycles. The Morgan fingerprint density at radius 3 is 2.74 bits per heavy atom. The second kappa shape index (κ2) is 5.73. The van der Waals surface area contributed by atoms with E-state index in [4.69, 9.17) is 4.74 Å². The van der Waals surface area contributed by atoms with Gasteiger partial charge in [-0.05, 0) is 24.3 Å². The summed E-state index contributed by atoms with van der Waals surface area (Å²) in [6.07, 6.45) is 0. The summed E-state index contributed by atoms with van der Waals surface area (Å²) in [5, 5.41) is 2.90. The lowest BCUT2D eigenvalue weighted by Gasteiger charge is -2.02. The first kappa shape index (κ1) is 13.8. The molecule has 2 aromatic carbocycles. The van der Waals surface area contributed by atoms with Crippen LogP contribution in [0.1, 0.15) is 5.01 Å². The minimum absolute atomic E-state index is 0.202. The largest absolute Gasteiger partial charge is 0.486 e. The van der Waals surface area contributed by atoms with Gasteiger partial charge in [0.2, 0.25) is 0 Å². The van der Waals surface area contributed by atoms with E-state index in [9.17, 15) is 4.79 Å². The SMILES string of the molecule is O=c1[nH]c2ccc(-c3csc(COc4ccccc4)n3)cc2[nH]1. The molecule has 0 saturated carbocycles. The summed E-state index contributed by atoms with van der Waals surface area (Å²) in [7, 11) is 0. The summed E-state index contributed by atoms with van der Waals surface area (Å²) in [5.74, 6) is 0.829. The van der Waals surface area contributed by atoms with Crippen LogP contribution in [-0.2, 0) is 6.61 Å². The first-order valence-electron chi connectivity index (χ1n) is 7.12. The molecule has 114 valence electrons. The molecule has 0 aliphatic heterocycles. The Balaban J connectivity index is 1.55. The maximum absolute atomic E-state index is 11.3. The van der Waals surface area contributed by atoms with E-state index in [-0.39, 0.29) is 5.69 Å². The van der Waals surface area contributed by atoms with Gasteiger partial charge in [0, 0.05) is 10.9 Å². The summed E-state index contributed by atoms with van der Waals surface area (Å²) < 4.78 is 5.71. The number of hydrogen-bond donors (Lipinski definition) is 2. The summed E-state index contributed by atoms with van der Waals surface area (Å²) in [6, 6.07) is 15.4. The molecule has 0 fully saturated rings. The molecule has 0 aliphatic rings. The lowest BCUT2D eigenvalue weighted by molar-refractivity contribution is 0.305. The number of imidazole rings is 1. The first-order valence-corrected chi connectivity index (χ1v) is 8.00. The Morgan fingerprint density at radius 1 is 1.04 bits per heavy atom. The lowest BCUT2D eigenvalue weighted by atomic mass is 10.1. The van der Waals surface area contributed by atoms with Gasteiger partial charge in [-0.1, -0.05) is 24.3 Å². The van der Waals surface area contributed by atoms with Gasteiger partial charge in [-0.2, -0.15) is 0 Å². The average molecular weight is 323 g/mol. The van der Waals surface area contributed by atoms with Crippen molar-refractivity contribution in [1.82, 2.24) is 15.0 Å². The van der Waals surface area contributed by atoms with Crippen molar-refractivity contribution in [2.45, 2.75) is 6.61 Å². The second-order valence-electron chi connectivity index (χ2n) is 5.07. The Bertz CT molecular complexity index is 1000. The molecule has 0 saturated heterocycles. The number of thiazole rings is 1. The van der Waals surface area contributed by atoms with Crippen molar-refractivity contribution in [3.05, 3.63) is 69.4 Å². The summed E-state index contributed by atoms with van der Waals surface area (Å²) in [5.41, 5.74) is 3.22. The minimum atomic E-state index is -0.202. The van der Waals surface area contributed by atoms with Gasteiger partial charge in [0.15, 0.2) is 0 Å². The third-order valence-corrected chi connectivity index (χ3v) is 4.29. The van der Waals surface area contributed by atoms with Crippen molar-refractivity contribution in [2.24, 2.45) is 0 Å². The van der Waals surface area contributed by atoms with Gasteiger partial charge in [-0.3, -0.25) is 0 Å². The topological polar surface area (TPSA) is 70.8 Å². The third-order valence-electron chi connectivity index (χ3n) is 3.47. The molecule has 23 heavy (non-hydrogen) atoms. The summed E-state index contributed by atoms with van der Waals surface area (Å²) in [4.78, 5) is 21.4. The number of rotatable bonds is 4. The van der Waals surface area contributed by atoms with Gasteiger partial charge < -0.3 is 14.7 Å². The molecule has 0 aliphatic carbocycles. The molecule has 4 rings (SSSR count). The Labute approximate surface area is 135 Å². The number of fused-ring (bicyclic) bond motifs is 1. The Morgan fingerprint density at radius 2 is 1.87 bits per heavy atom. The number of nitrogens with one attached hydrogen (secondary N) is 2. The second-order valence-corrected chi connectivity index (χ2v) is 6.01. The van der Waals surface area contributed by atoms with Crippen LogP contribution in [0.15, 0.2) is 58.7 Å². The van der Waals surface area contributed by atoms with E-state index in [2.05, 4.69) is 15.0 Å². The fraction of sp³-hybridized carbons (Fsp3) is 0.0588. The molecule has 4 aromatic rings. The first-order chi connectivity index (χ1) is 11.3. The van der Waals surface area contributed by atoms with Gasteiger partial charge in [0.05, 0.1) is 16.7 Å². The zero-order valence-corrected chi connectivity index (χ0v) is 12.9. The van der Waals surface area contributed by atoms with E-state index in [1.165, 1.54) is 0 Å². The maximum Gasteiger partial charge on any atom is 0.323 e. The lowest BCUT2D eigenvalue weighted by Crippen LogP contribution is -1.99. The normalized spacial score (nSPS) is 11.0. The summed E-state index contributed by atoms with van der Waals surface area (Å²) >= 11 is 1.56. The van der Waals surface area contributed by atoms with Crippen LogP contribution in [0.3, 0.4) is 0 Å². The third kappa shape index (κ3) is 2.89. The van der Waals surface area contributed by atoms with E-state index in [1.807, 2.05) is 53.9 Å². The highest BCUT2D eigenvalue weighted by molar-refractivity contribution is 7.09. The molecule has 5 nitrogen and oxygen atoms in total. The van der Waals surface area contributed by atoms with Crippen molar-refractivity contribution in [3.63, 3.8) is 0 Å². The molecule has 0 amide bonds. The predicted octanol–water partition coefficient (Wildman–Crippen LogP) is 3.56. The number of hydrogen-bond acceptors (Lipinski definition) is 4. The predicted molar refractivity (Wildman–Crippen MR) is 90.8 cm³/mol. The van der Waals surface area contributed by atoms with Crippen LogP contribution in [0.5, 0.6) is 5.75 Å². The van der Waals surface area contributed by atoms with Gasteiger partial charge >= 0.3 is 5.69 Å². The quantitative estimate of drug-likeness (QED) is 0.603. The molecule has 2 aromatic heterocycles. The molecular formula is C17H13N3O2S. The van der Waals surface area contributed by atoms with Crippen LogP contribution in [0.2, 0.25) is 0 Å². The number of nitrogens with zero attached hydrogens (tertiary/aromatic N) is 1. The maximum atomic E-state index is 11.3. The fourth-order valence-electron chi connectivity index (χ4n) is 2.36. The van der Waals surface area contributed by atoms with E-state index >= 15 is 0 Å². The van der Waals surface area contributed by atoms with E-state index < -0.39 is 0 Å². The van der Waals surface area contributed by atoms with Crippen LogP contribution < -0.4 is 10.4 Å². The van der Waals surface area contributed by atoms with Crippen molar-refractivity contribution in [3.8, 4) is 17.0 Å². The highest BCUT2D eigenvalue weighted by Crippen LogP contribution is 2.25. The molecule has 0 atom stereocenters. The van der Waals surface area contributed by atoms with E-state index in [1.54, 1.807) is 11.3 Å². The number of benzene rings is 2. The van der Waals surface area contributed by atoms with Crippen LogP contribution in [-0.4, -0.2) is 15.0 Å². The minimum Gasteiger partial charge on any atom is -0.486 e. The van der Waals surface area contributed by atoms with Crippen LogP contribution in [0, 0.1) is 0 Å². The highest BCUT2D eigenvalue weighted by atomic mass is 32.1. The molecule has 2 N–H and O–H groups in total. The Kier molecular flexibility index (Phi) is 3.44.